The van der Waals surface area contributed by atoms with E-state index in [1.807, 2.05) is 18.2 Å². The highest BCUT2D eigenvalue weighted by Gasteiger charge is 2.10. The van der Waals surface area contributed by atoms with E-state index in [9.17, 15) is 0 Å². The van der Waals surface area contributed by atoms with Crippen LogP contribution in [-0.4, -0.2) is 40.5 Å². The number of nitrogens with zero attached hydrogens (tertiary/aromatic N) is 1. The van der Waals surface area contributed by atoms with Crippen LogP contribution in [0.1, 0.15) is 12.0 Å². The summed E-state index contributed by atoms with van der Waals surface area (Å²) in [7, 11) is 3.42. The molecule has 0 spiro atoms. The minimum absolute atomic E-state index is 0.476. The van der Waals surface area contributed by atoms with Crippen molar-refractivity contribution >= 4 is 17.3 Å². The predicted octanol–water partition coefficient (Wildman–Crippen LogP) is 2.29. The van der Waals surface area contributed by atoms with E-state index in [0.717, 1.165) is 37.4 Å². The fourth-order valence-electron chi connectivity index (χ4n) is 1.98. The fraction of sp³-hybridized carbons (Fsp3) is 0.571. The Morgan fingerprint density at radius 2 is 1.89 bits per heavy atom. The van der Waals surface area contributed by atoms with Gasteiger partial charge in [-0.3, -0.25) is 0 Å². The Morgan fingerprint density at radius 1 is 1.16 bits per heavy atom. The van der Waals surface area contributed by atoms with E-state index in [1.165, 1.54) is 0 Å². The molecule has 0 aliphatic carbocycles. The first-order valence-electron chi connectivity index (χ1n) is 6.44. The van der Waals surface area contributed by atoms with Crippen LogP contribution in [0.25, 0.3) is 0 Å². The van der Waals surface area contributed by atoms with Crippen molar-refractivity contribution in [2.24, 2.45) is 5.73 Å². The van der Waals surface area contributed by atoms with Gasteiger partial charge in [-0.05, 0) is 30.2 Å². The second-order valence-corrected chi connectivity index (χ2v) is 4.74. The summed E-state index contributed by atoms with van der Waals surface area (Å²) in [6.07, 6.45) is 0.965. The summed E-state index contributed by atoms with van der Waals surface area (Å²) in [4.78, 5) is 2.26. The Morgan fingerprint density at radius 3 is 2.53 bits per heavy atom. The number of benzene rings is 1. The van der Waals surface area contributed by atoms with Gasteiger partial charge in [-0.25, -0.2) is 0 Å². The van der Waals surface area contributed by atoms with Gasteiger partial charge in [0.05, 0.1) is 6.61 Å². The third kappa shape index (κ3) is 5.37. The van der Waals surface area contributed by atoms with Gasteiger partial charge in [-0.1, -0.05) is 11.6 Å². The van der Waals surface area contributed by atoms with Crippen molar-refractivity contribution < 1.29 is 9.47 Å². The normalized spacial score (nSPS) is 10.7. The highest BCUT2D eigenvalue weighted by atomic mass is 35.5. The van der Waals surface area contributed by atoms with E-state index in [1.54, 1.807) is 14.2 Å². The smallest absolute Gasteiger partial charge is 0.0637 e. The molecule has 0 aliphatic heterocycles. The SMILES string of the molecule is COCCCN(CCOC)c1ccc(Cl)cc1CN. The van der Waals surface area contributed by atoms with Crippen LogP contribution in [-0.2, 0) is 16.0 Å². The Balaban J connectivity index is 2.82. The van der Waals surface area contributed by atoms with Crippen molar-refractivity contribution in [1.29, 1.82) is 0 Å². The number of ether oxygens (including phenoxy) is 2. The predicted molar refractivity (Wildman–Crippen MR) is 79.9 cm³/mol. The van der Waals surface area contributed by atoms with E-state index in [-0.39, 0.29) is 0 Å². The first-order valence-corrected chi connectivity index (χ1v) is 6.82. The molecule has 0 atom stereocenters. The minimum Gasteiger partial charge on any atom is -0.385 e. The quantitative estimate of drug-likeness (QED) is 0.708. The van der Waals surface area contributed by atoms with Gasteiger partial charge in [0.2, 0.25) is 0 Å². The van der Waals surface area contributed by atoms with Crippen LogP contribution in [0, 0.1) is 0 Å². The van der Waals surface area contributed by atoms with Gasteiger partial charge in [0.1, 0.15) is 0 Å². The molecule has 0 radical (unpaired) electrons. The van der Waals surface area contributed by atoms with E-state index >= 15 is 0 Å². The van der Waals surface area contributed by atoms with Crippen LogP contribution in [0.15, 0.2) is 18.2 Å². The molecule has 0 heterocycles. The lowest BCUT2D eigenvalue weighted by atomic mass is 10.1. The molecular weight excluding hydrogens is 264 g/mol. The van der Waals surface area contributed by atoms with Crippen molar-refractivity contribution in [3.05, 3.63) is 28.8 Å². The third-order valence-electron chi connectivity index (χ3n) is 2.94. The molecule has 4 nitrogen and oxygen atoms in total. The monoisotopic (exact) mass is 286 g/mol. The number of nitrogens with two attached hydrogens (primary N) is 1. The Labute approximate surface area is 120 Å². The zero-order valence-electron chi connectivity index (χ0n) is 11.7. The summed E-state index contributed by atoms with van der Waals surface area (Å²) < 4.78 is 10.3. The third-order valence-corrected chi connectivity index (χ3v) is 3.18. The average Bonchev–Trinajstić information content (AvgIpc) is 2.43. The van der Waals surface area contributed by atoms with E-state index in [0.29, 0.717) is 18.2 Å². The van der Waals surface area contributed by atoms with Crippen molar-refractivity contribution in [3.63, 3.8) is 0 Å². The first kappa shape index (κ1) is 16.2. The van der Waals surface area contributed by atoms with Gasteiger partial charge in [0.15, 0.2) is 0 Å². The molecule has 0 bridgehead atoms. The van der Waals surface area contributed by atoms with Gasteiger partial charge >= 0.3 is 0 Å². The lowest BCUT2D eigenvalue weighted by molar-refractivity contribution is 0.191. The van der Waals surface area contributed by atoms with Gasteiger partial charge in [-0.15, -0.1) is 0 Å². The van der Waals surface area contributed by atoms with Crippen LogP contribution >= 0.6 is 11.6 Å². The van der Waals surface area contributed by atoms with E-state index in [2.05, 4.69) is 4.90 Å². The van der Waals surface area contributed by atoms with Gasteiger partial charge < -0.3 is 20.1 Å². The number of hydrogen-bond acceptors (Lipinski definition) is 4. The van der Waals surface area contributed by atoms with Crippen LogP contribution in [0.3, 0.4) is 0 Å². The van der Waals surface area contributed by atoms with Crippen LogP contribution in [0.4, 0.5) is 5.69 Å². The van der Waals surface area contributed by atoms with E-state index in [4.69, 9.17) is 26.8 Å². The minimum atomic E-state index is 0.476. The molecule has 0 unspecified atom stereocenters. The Hall–Kier alpha value is -0.810. The highest BCUT2D eigenvalue weighted by molar-refractivity contribution is 6.30. The van der Waals surface area contributed by atoms with Crippen LogP contribution in [0.2, 0.25) is 5.02 Å². The fourth-order valence-corrected chi connectivity index (χ4v) is 2.17. The number of halogens is 1. The zero-order valence-corrected chi connectivity index (χ0v) is 12.4. The molecule has 0 saturated carbocycles. The summed E-state index contributed by atoms with van der Waals surface area (Å²) in [5.74, 6) is 0. The summed E-state index contributed by atoms with van der Waals surface area (Å²) in [5.41, 5.74) is 7.98. The van der Waals surface area contributed by atoms with Crippen molar-refractivity contribution in [2.75, 3.05) is 45.4 Å². The molecule has 0 saturated heterocycles. The zero-order chi connectivity index (χ0) is 14.1. The van der Waals surface area contributed by atoms with Crippen LogP contribution in [0.5, 0.6) is 0 Å². The maximum Gasteiger partial charge on any atom is 0.0637 e. The molecule has 0 fully saturated rings. The molecule has 1 aromatic carbocycles. The summed E-state index contributed by atoms with van der Waals surface area (Å²) in [6, 6.07) is 5.84. The molecule has 19 heavy (non-hydrogen) atoms. The maximum atomic E-state index is 6.01. The number of hydrogen-bond donors (Lipinski definition) is 1. The van der Waals surface area contributed by atoms with Crippen molar-refractivity contribution in [1.82, 2.24) is 0 Å². The standard InChI is InChI=1S/C14H23ClN2O2/c1-18-8-3-6-17(7-9-19-2)14-5-4-13(15)10-12(14)11-16/h4-5,10H,3,6-9,11,16H2,1-2H3. The first-order chi connectivity index (χ1) is 9.22. The molecule has 108 valence electrons. The van der Waals surface area contributed by atoms with Crippen molar-refractivity contribution in [3.8, 4) is 0 Å². The molecule has 1 rings (SSSR count). The summed E-state index contributed by atoms with van der Waals surface area (Å²) in [5, 5.41) is 0.716. The van der Waals surface area contributed by atoms with E-state index < -0.39 is 0 Å². The van der Waals surface area contributed by atoms with Gasteiger partial charge in [0.25, 0.3) is 0 Å². The van der Waals surface area contributed by atoms with Gasteiger partial charge in [0, 0.05) is 51.2 Å². The molecular formula is C14H23ClN2O2. The Bertz CT molecular complexity index is 374. The molecule has 1 aromatic rings. The molecule has 2 N–H and O–H groups in total. The van der Waals surface area contributed by atoms with Crippen LogP contribution < -0.4 is 10.6 Å². The molecule has 0 aliphatic rings. The average molecular weight is 287 g/mol. The second kappa shape index (κ2) is 9.15. The number of methoxy groups -OCH3 is 2. The molecule has 0 amide bonds. The number of rotatable bonds is 9. The maximum absolute atomic E-state index is 6.01. The molecule has 5 heteroatoms. The largest absolute Gasteiger partial charge is 0.385 e. The molecule has 0 aromatic heterocycles. The second-order valence-electron chi connectivity index (χ2n) is 4.30. The summed E-state index contributed by atoms with van der Waals surface area (Å²) in [6.45, 7) is 3.64. The number of anilines is 1. The lowest BCUT2D eigenvalue weighted by Gasteiger charge is -2.27. The van der Waals surface area contributed by atoms with Gasteiger partial charge in [-0.2, -0.15) is 0 Å². The highest BCUT2D eigenvalue weighted by Crippen LogP contribution is 2.24. The Kier molecular flexibility index (Phi) is 7.82. The lowest BCUT2D eigenvalue weighted by Crippen LogP contribution is -2.30. The summed E-state index contributed by atoms with van der Waals surface area (Å²) >= 11 is 6.01. The van der Waals surface area contributed by atoms with Crippen molar-refractivity contribution in [2.45, 2.75) is 13.0 Å². The topological polar surface area (TPSA) is 47.7 Å².